The van der Waals surface area contributed by atoms with Gasteiger partial charge in [0, 0.05) is 0 Å². The molecule has 0 atom stereocenters. The van der Waals surface area contributed by atoms with Gasteiger partial charge in [0.2, 0.25) is 0 Å². The fourth-order valence-electron chi connectivity index (χ4n) is 4.75. The van der Waals surface area contributed by atoms with Gasteiger partial charge in [-0.05, 0) is 109 Å². The van der Waals surface area contributed by atoms with Crippen molar-refractivity contribution < 1.29 is 9.47 Å². The molecule has 4 aromatic rings. The van der Waals surface area contributed by atoms with Crippen LogP contribution in [0.5, 0.6) is 11.5 Å². The number of hydrogen-bond acceptors (Lipinski definition) is 2. The number of benzene rings is 4. The first-order chi connectivity index (χ1) is 18.0. The van der Waals surface area contributed by atoms with Crippen molar-refractivity contribution in [2.75, 3.05) is 7.11 Å². The summed E-state index contributed by atoms with van der Waals surface area (Å²) in [6, 6.07) is 33.1. The normalized spacial score (nSPS) is 11.9. The predicted octanol–water partition coefficient (Wildman–Crippen LogP) is 8.94. The highest BCUT2D eigenvalue weighted by atomic mass is 16.5. The summed E-state index contributed by atoms with van der Waals surface area (Å²) in [5, 5.41) is 0. The molecule has 0 bridgehead atoms. The van der Waals surface area contributed by atoms with Gasteiger partial charge >= 0.3 is 0 Å². The van der Waals surface area contributed by atoms with Gasteiger partial charge in [-0.3, -0.25) is 0 Å². The van der Waals surface area contributed by atoms with Gasteiger partial charge in [-0.15, -0.1) is 0 Å². The fourth-order valence-corrected chi connectivity index (χ4v) is 4.75. The van der Waals surface area contributed by atoms with Gasteiger partial charge in [0.15, 0.2) is 0 Å². The van der Waals surface area contributed by atoms with Gasteiger partial charge in [-0.25, -0.2) is 0 Å². The van der Waals surface area contributed by atoms with Crippen molar-refractivity contribution in [1.29, 1.82) is 0 Å². The Kier molecular flexibility index (Phi) is 8.31. The van der Waals surface area contributed by atoms with Crippen LogP contribution in [0.4, 0.5) is 0 Å². The zero-order valence-electron chi connectivity index (χ0n) is 24.1. The van der Waals surface area contributed by atoms with E-state index in [1.54, 1.807) is 7.11 Å². The van der Waals surface area contributed by atoms with E-state index in [0.29, 0.717) is 0 Å². The van der Waals surface area contributed by atoms with E-state index in [9.17, 15) is 0 Å². The van der Waals surface area contributed by atoms with E-state index in [2.05, 4.69) is 120 Å². The minimum absolute atomic E-state index is 0.164. The molecule has 4 aromatic carbocycles. The van der Waals surface area contributed by atoms with Crippen molar-refractivity contribution in [3.63, 3.8) is 0 Å². The molecule has 0 aliphatic rings. The van der Waals surface area contributed by atoms with E-state index >= 15 is 0 Å². The van der Waals surface area contributed by atoms with Crippen molar-refractivity contribution in [1.82, 2.24) is 0 Å². The van der Waals surface area contributed by atoms with Crippen molar-refractivity contribution in [3.8, 4) is 11.5 Å². The van der Waals surface area contributed by atoms with E-state index < -0.39 is 0 Å². The van der Waals surface area contributed by atoms with Crippen LogP contribution in [0.2, 0.25) is 0 Å². The minimum atomic E-state index is -0.197. The van der Waals surface area contributed by atoms with Gasteiger partial charge in [-0.2, -0.15) is 0 Å². The smallest absolute Gasteiger partial charge is 0.120 e. The maximum absolute atomic E-state index is 6.01. The topological polar surface area (TPSA) is 18.5 Å². The molecule has 0 saturated carbocycles. The Balaban J connectivity index is 1.59. The molecule has 4 rings (SSSR count). The maximum Gasteiger partial charge on any atom is 0.120 e. The standard InChI is InChI=1S/C36H42O2/c1-35(2,3)32-14-8-26(9-15-32)20-29-23-30(21-27-10-16-33(37-7)17-11-27)25-31(24-29)22-28-12-18-34(19-13-28)38-36(4,5)6/h8-19,23-25H,20-22H2,1-7H3. The van der Waals surface area contributed by atoms with Gasteiger partial charge in [0.1, 0.15) is 17.1 Å². The highest BCUT2D eigenvalue weighted by Gasteiger charge is 2.14. The van der Waals surface area contributed by atoms with Crippen molar-refractivity contribution >= 4 is 0 Å². The van der Waals surface area contributed by atoms with Crippen LogP contribution in [0.1, 0.15) is 80.5 Å². The Bertz CT molecular complexity index is 1320. The number of rotatable bonds is 8. The quantitative estimate of drug-likeness (QED) is 0.237. The molecular formula is C36H42O2. The Morgan fingerprint density at radius 1 is 0.474 bits per heavy atom. The van der Waals surface area contributed by atoms with Gasteiger partial charge in [0.05, 0.1) is 7.11 Å². The molecule has 0 saturated heterocycles. The number of ether oxygens (including phenoxy) is 2. The van der Waals surface area contributed by atoms with E-state index in [0.717, 1.165) is 30.8 Å². The molecule has 2 nitrogen and oxygen atoms in total. The van der Waals surface area contributed by atoms with E-state index in [1.165, 1.54) is 38.9 Å². The lowest BCUT2D eigenvalue weighted by Crippen LogP contribution is -2.22. The van der Waals surface area contributed by atoms with Crippen LogP contribution >= 0.6 is 0 Å². The average molecular weight is 507 g/mol. The van der Waals surface area contributed by atoms with E-state index in [4.69, 9.17) is 9.47 Å². The van der Waals surface area contributed by atoms with Gasteiger partial charge in [0.25, 0.3) is 0 Å². The molecule has 0 aliphatic carbocycles. The van der Waals surface area contributed by atoms with Crippen LogP contribution in [0.15, 0.2) is 91.0 Å². The third-order valence-corrected chi connectivity index (χ3v) is 6.66. The second kappa shape index (κ2) is 11.5. The van der Waals surface area contributed by atoms with Crippen LogP contribution in [0, 0.1) is 0 Å². The highest BCUT2D eigenvalue weighted by molar-refractivity contribution is 5.41. The van der Waals surface area contributed by atoms with Crippen LogP contribution in [0.25, 0.3) is 0 Å². The molecule has 0 radical (unpaired) electrons. The molecule has 0 aliphatic heterocycles. The number of hydrogen-bond donors (Lipinski definition) is 0. The first-order valence-corrected chi connectivity index (χ1v) is 13.6. The third-order valence-electron chi connectivity index (χ3n) is 6.66. The summed E-state index contributed by atoms with van der Waals surface area (Å²) < 4.78 is 11.4. The second-order valence-electron chi connectivity index (χ2n) is 12.3. The van der Waals surface area contributed by atoms with Crippen molar-refractivity contribution in [3.05, 3.63) is 130 Å². The molecule has 0 unspecified atom stereocenters. The molecule has 0 aromatic heterocycles. The van der Waals surface area contributed by atoms with Crippen LogP contribution in [-0.4, -0.2) is 12.7 Å². The first kappa shape index (κ1) is 27.5. The largest absolute Gasteiger partial charge is 0.497 e. The SMILES string of the molecule is COc1ccc(Cc2cc(Cc3ccc(OC(C)(C)C)cc3)cc(Cc3ccc(C(C)(C)C)cc3)c2)cc1. The molecule has 0 N–H and O–H groups in total. The van der Waals surface area contributed by atoms with E-state index in [-0.39, 0.29) is 11.0 Å². The average Bonchev–Trinajstić information content (AvgIpc) is 2.84. The molecule has 0 amide bonds. The summed E-state index contributed by atoms with van der Waals surface area (Å²) in [6.45, 7) is 13.0. The summed E-state index contributed by atoms with van der Waals surface area (Å²) in [7, 11) is 1.71. The number of methoxy groups -OCH3 is 1. The van der Waals surface area contributed by atoms with Crippen LogP contribution < -0.4 is 9.47 Å². The molecule has 198 valence electrons. The lowest BCUT2D eigenvalue weighted by Gasteiger charge is -2.21. The molecule has 2 heteroatoms. The lowest BCUT2D eigenvalue weighted by atomic mass is 9.86. The van der Waals surface area contributed by atoms with Crippen molar-refractivity contribution in [2.45, 2.75) is 71.8 Å². The zero-order chi connectivity index (χ0) is 27.3. The third kappa shape index (κ3) is 7.99. The second-order valence-corrected chi connectivity index (χ2v) is 12.3. The summed E-state index contributed by atoms with van der Waals surface area (Å²) in [5.74, 6) is 1.80. The molecule has 0 spiro atoms. The molecule has 0 heterocycles. The van der Waals surface area contributed by atoms with E-state index in [1.807, 2.05) is 12.1 Å². The molecule has 0 fully saturated rings. The summed E-state index contributed by atoms with van der Waals surface area (Å²) in [5.41, 5.74) is 9.27. The lowest BCUT2D eigenvalue weighted by molar-refractivity contribution is 0.131. The monoisotopic (exact) mass is 506 g/mol. The van der Waals surface area contributed by atoms with Crippen LogP contribution in [0.3, 0.4) is 0 Å². The first-order valence-electron chi connectivity index (χ1n) is 13.6. The Morgan fingerprint density at radius 2 is 0.842 bits per heavy atom. The summed E-state index contributed by atoms with van der Waals surface area (Å²) >= 11 is 0. The van der Waals surface area contributed by atoms with Gasteiger partial charge in [-0.1, -0.05) is 87.5 Å². The molecular weight excluding hydrogens is 464 g/mol. The molecule has 38 heavy (non-hydrogen) atoms. The Morgan fingerprint density at radius 3 is 1.18 bits per heavy atom. The maximum atomic E-state index is 6.01. The fraction of sp³-hybridized carbons (Fsp3) is 0.333. The predicted molar refractivity (Wildman–Crippen MR) is 160 cm³/mol. The Labute approximate surface area is 229 Å². The minimum Gasteiger partial charge on any atom is -0.497 e. The van der Waals surface area contributed by atoms with Gasteiger partial charge < -0.3 is 9.47 Å². The summed E-state index contributed by atoms with van der Waals surface area (Å²) in [6.07, 6.45) is 2.71. The van der Waals surface area contributed by atoms with Crippen LogP contribution in [-0.2, 0) is 24.7 Å². The summed E-state index contributed by atoms with van der Waals surface area (Å²) in [4.78, 5) is 0. The van der Waals surface area contributed by atoms with Crippen molar-refractivity contribution in [2.24, 2.45) is 0 Å². The zero-order valence-corrected chi connectivity index (χ0v) is 24.1. The Hall–Kier alpha value is -3.52. The highest BCUT2D eigenvalue weighted by Crippen LogP contribution is 2.25.